The number of anilines is 1. The minimum absolute atomic E-state index is 0.215. The van der Waals surface area contributed by atoms with E-state index in [4.69, 9.17) is 0 Å². The molecule has 0 radical (unpaired) electrons. The number of carbonyl (C=O) groups excluding carboxylic acids is 2. The highest BCUT2D eigenvalue weighted by Crippen LogP contribution is 2.17. The molecule has 1 saturated heterocycles. The van der Waals surface area contributed by atoms with Crippen LogP contribution >= 0.6 is 0 Å². The quantitative estimate of drug-likeness (QED) is 0.760. The molecule has 1 fully saturated rings. The Hall–Kier alpha value is -2.97. The van der Waals surface area contributed by atoms with E-state index in [0.717, 1.165) is 5.56 Å². The van der Waals surface area contributed by atoms with Crippen molar-refractivity contribution in [3.8, 4) is 0 Å². The van der Waals surface area contributed by atoms with Crippen molar-refractivity contribution in [2.75, 3.05) is 31.5 Å². The molecule has 2 aromatic rings. The molecule has 3 rings (SSSR count). The fourth-order valence-corrected chi connectivity index (χ4v) is 4.41. The van der Waals surface area contributed by atoms with Crippen molar-refractivity contribution in [3.63, 3.8) is 0 Å². The van der Waals surface area contributed by atoms with Gasteiger partial charge in [-0.25, -0.2) is 8.42 Å². The maximum atomic E-state index is 12.6. The van der Waals surface area contributed by atoms with E-state index in [1.807, 2.05) is 19.1 Å². The molecule has 1 aliphatic rings. The molecule has 2 aromatic carbocycles. The number of nitrogens with one attached hydrogen (secondary N) is 1. The van der Waals surface area contributed by atoms with Crippen molar-refractivity contribution in [1.29, 1.82) is 0 Å². The highest BCUT2D eigenvalue weighted by atomic mass is 32.2. The second kappa shape index (κ2) is 9.02. The SMILES string of the molecule is Cc1ccc(NC(=O)/C=C/C(=O)N2CCN(S(=O)(=O)c3ccccc3)CC2)cc1. The molecule has 1 N–H and O–H groups in total. The van der Waals surface area contributed by atoms with Crippen LogP contribution in [0.5, 0.6) is 0 Å². The lowest BCUT2D eigenvalue weighted by Gasteiger charge is -2.33. The first-order chi connectivity index (χ1) is 13.9. The third-order valence-corrected chi connectivity index (χ3v) is 6.54. The van der Waals surface area contributed by atoms with E-state index in [9.17, 15) is 18.0 Å². The Balaban J connectivity index is 1.52. The molecule has 8 heteroatoms. The number of piperazine rings is 1. The second-order valence-electron chi connectivity index (χ2n) is 6.73. The molecule has 0 atom stereocenters. The summed E-state index contributed by atoms with van der Waals surface area (Å²) in [6, 6.07) is 15.6. The standard InChI is InChI=1S/C21H23N3O4S/c1-17-7-9-18(10-8-17)22-20(25)11-12-21(26)23-13-15-24(16-14-23)29(27,28)19-5-3-2-4-6-19/h2-12H,13-16H2,1H3,(H,22,25)/b12-11+. The van der Waals surface area contributed by atoms with Gasteiger partial charge < -0.3 is 10.2 Å². The number of sulfonamides is 1. The Morgan fingerprint density at radius 1 is 0.897 bits per heavy atom. The third-order valence-electron chi connectivity index (χ3n) is 4.63. The monoisotopic (exact) mass is 413 g/mol. The minimum atomic E-state index is -3.56. The fourth-order valence-electron chi connectivity index (χ4n) is 2.96. The first kappa shape index (κ1) is 20.8. The topological polar surface area (TPSA) is 86.8 Å². The molecular formula is C21H23N3O4S. The molecule has 152 valence electrons. The van der Waals surface area contributed by atoms with Gasteiger partial charge in [-0.2, -0.15) is 4.31 Å². The average Bonchev–Trinajstić information content (AvgIpc) is 2.74. The maximum absolute atomic E-state index is 12.6. The Kier molecular flexibility index (Phi) is 6.46. The molecule has 0 spiro atoms. The molecule has 0 unspecified atom stereocenters. The lowest BCUT2D eigenvalue weighted by Crippen LogP contribution is -2.50. The van der Waals surface area contributed by atoms with Crippen molar-refractivity contribution in [2.24, 2.45) is 0 Å². The molecule has 0 bridgehead atoms. The van der Waals surface area contributed by atoms with Crippen LogP contribution in [0.1, 0.15) is 5.56 Å². The summed E-state index contributed by atoms with van der Waals surface area (Å²) < 4.78 is 26.6. The van der Waals surface area contributed by atoms with Crippen LogP contribution in [0, 0.1) is 6.92 Å². The van der Waals surface area contributed by atoms with Crippen LogP contribution in [0.25, 0.3) is 0 Å². The summed E-state index contributed by atoms with van der Waals surface area (Å²) in [5, 5.41) is 2.69. The van der Waals surface area contributed by atoms with Gasteiger partial charge in [0, 0.05) is 44.0 Å². The van der Waals surface area contributed by atoms with Gasteiger partial charge in [0.05, 0.1) is 4.90 Å². The van der Waals surface area contributed by atoms with Gasteiger partial charge in [0.15, 0.2) is 0 Å². The zero-order chi connectivity index (χ0) is 20.9. The van der Waals surface area contributed by atoms with Gasteiger partial charge in [0.1, 0.15) is 0 Å². The number of nitrogens with zero attached hydrogens (tertiary/aromatic N) is 2. The van der Waals surface area contributed by atoms with Gasteiger partial charge in [0.2, 0.25) is 21.8 Å². The van der Waals surface area contributed by atoms with Crippen molar-refractivity contribution in [2.45, 2.75) is 11.8 Å². The first-order valence-electron chi connectivity index (χ1n) is 9.26. The molecule has 29 heavy (non-hydrogen) atoms. The van der Waals surface area contributed by atoms with E-state index in [2.05, 4.69) is 5.32 Å². The molecular weight excluding hydrogens is 390 g/mol. The predicted molar refractivity (Wildman–Crippen MR) is 111 cm³/mol. The van der Waals surface area contributed by atoms with Gasteiger partial charge in [-0.1, -0.05) is 35.9 Å². The van der Waals surface area contributed by atoms with Crippen molar-refractivity contribution in [1.82, 2.24) is 9.21 Å². The number of hydrogen-bond acceptors (Lipinski definition) is 4. The lowest BCUT2D eigenvalue weighted by atomic mass is 10.2. The van der Waals surface area contributed by atoms with E-state index < -0.39 is 15.9 Å². The Labute approximate surface area is 170 Å². The van der Waals surface area contributed by atoms with E-state index in [1.165, 1.54) is 21.4 Å². The normalized spacial score (nSPS) is 15.4. The van der Waals surface area contributed by atoms with Crippen molar-refractivity contribution in [3.05, 3.63) is 72.3 Å². The molecule has 7 nitrogen and oxygen atoms in total. The van der Waals surface area contributed by atoms with Gasteiger partial charge in [-0.15, -0.1) is 0 Å². The van der Waals surface area contributed by atoms with Crippen molar-refractivity contribution >= 4 is 27.5 Å². The van der Waals surface area contributed by atoms with Crippen LogP contribution in [0.15, 0.2) is 71.6 Å². The smallest absolute Gasteiger partial charge is 0.248 e. The Morgan fingerprint density at radius 2 is 1.52 bits per heavy atom. The molecule has 0 aromatic heterocycles. The van der Waals surface area contributed by atoms with E-state index in [0.29, 0.717) is 5.69 Å². The number of aryl methyl sites for hydroxylation is 1. The number of benzene rings is 2. The Bertz CT molecular complexity index is 994. The molecule has 1 heterocycles. The molecule has 2 amide bonds. The van der Waals surface area contributed by atoms with Gasteiger partial charge in [0.25, 0.3) is 0 Å². The van der Waals surface area contributed by atoms with Gasteiger partial charge in [-0.3, -0.25) is 9.59 Å². The Morgan fingerprint density at radius 3 is 2.14 bits per heavy atom. The summed E-state index contributed by atoms with van der Waals surface area (Å²) in [4.78, 5) is 26.1. The molecule has 1 aliphatic heterocycles. The highest BCUT2D eigenvalue weighted by Gasteiger charge is 2.29. The number of hydrogen-bond donors (Lipinski definition) is 1. The summed E-state index contributed by atoms with van der Waals surface area (Å²) in [7, 11) is -3.56. The lowest BCUT2D eigenvalue weighted by molar-refractivity contribution is -0.127. The van der Waals surface area contributed by atoms with Crippen LogP contribution < -0.4 is 5.32 Å². The summed E-state index contributed by atoms with van der Waals surface area (Å²) in [5.41, 5.74) is 1.74. The number of amides is 2. The third kappa shape index (κ3) is 5.30. The van der Waals surface area contributed by atoms with Gasteiger partial charge >= 0.3 is 0 Å². The van der Waals surface area contributed by atoms with Gasteiger partial charge in [-0.05, 0) is 31.2 Å². The van der Waals surface area contributed by atoms with Crippen molar-refractivity contribution < 1.29 is 18.0 Å². The number of carbonyl (C=O) groups is 2. The van der Waals surface area contributed by atoms with E-state index >= 15 is 0 Å². The van der Waals surface area contributed by atoms with Crippen LogP contribution in [0.3, 0.4) is 0 Å². The van der Waals surface area contributed by atoms with E-state index in [1.54, 1.807) is 42.5 Å². The van der Waals surface area contributed by atoms with Crippen LogP contribution in [0.4, 0.5) is 5.69 Å². The second-order valence-corrected chi connectivity index (χ2v) is 8.67. The number of rotatable bonds is 5. The maximum Gasteiger partial charge on any atom is 0.248 e. The summed E-state index contributed by atoms with van der Waals surface area (Å²) in [6.07, 6.45) is 2.40. The minimum Gasteiger partial charge on any atom is -0.337 e. The zero-order valence-corrected chi connectivity index (χ0v) is 16.9. The highest BCUT2D eigenvalue weighted by molar-refractivity contribution is 7.89. The summed E-state index contributed by atoms with van der Waals surface area (Å²) in [6.45, 7) is 2.93. The largest absolute Gasteiger partial charge is 0.337 e. The van der Waals surface area contributed by atoms with E-state index in [-0.39, 0.29) is 37.0 Å². The first-order valence-corrected chi connectivity index (χ1v) is 10.7. The average molecular weight is 413 g/mol. The summed E-state index contributed by atoms with van der Waals surface area (Å²) >= 11 is 0. The van der Waals surface area contributed by atoms with Crippen LogP contribution in [-0.2, 0) is 19.6 Å². The zero-order valence-electron chi connectivity index (χ0n) is 16.1. The van der Waals surface area contributed by atoms with Crippen LogP contribution in [0.2, 0.25) is 0 Å². The fraction of sp³-hybridized carbons (Fsp3) is 0.238. The molecule has 0 aliphatic carbocycles. The molecule has 0 saturated carbocycles. The predicted octanol–water partition coefficient (Wildman–Crippen LogP) is 2.02. The van der Waals surface area contributed by atoms with Crippen LogP contribution in [-0.4, -0.2) is 55.6 Å². The summed E-state index contributed by atoms with van der Waals surface area (Å²) in [5.74, 6) is -0.715.